The smallest absolute Gasteiger partial charge is 0.282 e. The number of nitrogens with one attached hydrogen (secondary N) is 1. The molecule has 0 unspecified atom stereocenters. The van der Waals surface area contributed by atoms with Crippen LogP contribution in [0.5, 0.6) is 0 Å². The fourth-order valence-electron chi connectivity index (χ4n) is 3.71. The van der Waals surface area contributed by atoms with Crippen LogP contribution in [0.2, 0.25) is 10.0 Å². The quantitative estimate of drug-likeness (QED) is 0.421. The number of halogens is 2. The molecule has 3 aromatic rings. The van der Waals surface area contributed by atoms with Crippen molar-refractivity contribution in [2.75, 3.05) is 10.2 Å². The molecule has 0 aliphatic carbocycles. The van der Waals surface area contributed by atoms with Gasteiger partial charge in [-0.25, -0.2) is 4.90 Å². The Hall–Kier alpha value is -3.08. The number of hydrogen-bond acceptors (Lipinski definition) is 3. The van der Waals surface area contributed by atoms with Gasteiger partial charge in [0.15, 0.2) is 0 Å². The molecule has 6 heteroatoms. The monoisotopic (exact) mass is 464 g/mol. The van der Waals surface area contributed by atoms with E-state index >= 15 is 0 Å². The molecule has 0 atom stereocenters. The van der Waals surface area contributed by atoms with Gasteiger partial charge in [0.2, 0.25) is 0 Å². The summed E-state index contributed by atoms with van der Waals surface area (Å²) in [6.45, 7) is 6.06. The molecule has 162 valence electrons. The minimum Gasteiger partial charge on any atom is -0.350 e. The Balaban J connectivity index is 1.80. The number of carbonyl (C=O) groups is 2. The van der Waals surface area contributed by atoms with Crippen LogP contribution in [0, 0.1) is 6.92 Å². The van der Waals surface area contributed by atoms with Crippen LogP contribution in [0.25, 0.3) is 5.57 Å². The van der Waals surface area contributed by atoms with E-state index < -0.39 is 11.8 Å². The lowest BCUT2D eigenvalue weighted by Crippen LogP contribution is -2.33. The molecule has 0 spiro atoms. The lowest BCUT2D eigenvalue weighted by molar-refractivity contribution is -0.120. The van der Waals surface area contributed by atoms with Gasteiger partial charge in [-0.2, -0.15) is 0 Å². The van der Waals surface area contributed by atoms with Crippen molar-refractivity contribution in [3.05, 3.63) is 99.2 Å². The molecule has 0 saturated heterocycles. The van der Waals surface area contributed by atoms with Gasteiger partial charge in [-0.05, 0) is 72.0 Å². The topological polar surface area (TPSA) is 49.4 Å². The van der Waals surface area contributed by atoms with E-state index in [1.165, 1.54) is 10.5 Å². The molecule has 0 radical (unpaired) electrons. The highest BCUT2D eigenvalue weighted by molar-refractivity contribution is 6.46. The minimum atomic E-state index is -0.418. The van der Waals surface area contributed by atoms with E-state index in [2.05, 4.69) is 19.2 Å². The number of nitrogens with zero attached hydrogens (tertiary/aromatic N) is 1. The summed E-state index contributed by atoms with van der Waals surface area (Å²) in [4.78, 5) is 28.2. The van der Waals surface area contributed by atoms with Gasteiger partial charge in [-0.15, -0.1) is 0 Å². The van der Waals surface area contributed by atoms with Crippen molar-refractivity contribution in [2.45, 2.75) is 26.7 Å². The number of amides is 2. The zero-order chi connectivity index (χ0) is 23.0. The van der Waals surface area contributed by atoms with Crippen LogP contribution in [0.4, 0.5) is 11.4 Å². The van der Waals surface area contributed by atoms with E-state index in [9.17, 15) is 9.59 Å². The second-order valence-electron chi connectivity index (χ2n) is 8.04. The molecule has 2 amide bonds. The van der Waals surface area contributed by atoms with Gasteiger partial charge in [-0.1, -0.05) is 61.3 Å². The highest BCUT2D eigenvalue weighted by Gasteiger charge is 2.40. The molecule has 1 aliphatic heterocycles. The molecule has 1 heterocycles. The number of imide groups is 1. The standard InChI is InChI=1S/C26H22Cl2N2O2/c1-15(2)17-6-11-21(12-7-17)29-24-23(18-4-8-19(27)9-5-18)25(31)30(26(24)32)22-13-10-20(28)14-16(22)3/h4-15,29H,1-3H3. The van der Waals surface area contributed by atoms with Crippen LogP contribution in [-0.2, 0) is 9.59 Å². The van der Waals surface area contributed by atoms with Crippen molar-refractivity contribution in [2.24, 2.45) is 0 Å². The number of carbonyl (C=O) groups excluding carboxylic acids is 2. The van der Waals surface area contributed by atoms with E-state index in [1.807, 2.05) is 31.2 Å². The van der Waals surface area contributed by atoms with E-state index in [0.29, 0.717) is 32.8 Å². The molecule has 1 N–H and O–H groups in total. The van der Waals surface area contributed by atoms with Crippen molar-refractivity contribution >= 4 is 52.0 Å². The Kier molecular flexibility index (Phi) is 6.09. The largest absolute Gasteiger partial charge is 0.350 e. The lowest BCUT2D eigenvalue weighted by Gasteiger charge is -2.18. The molecule has 0 saturated carbocycles. The molecule has 32 heavy (non-hydrogen) atoms. The SMILES string of the molecule is Cc1cc(Cl)ccc1N1C(=O)C(Nc2ccc(C(C)C)cc2)=C(c2ccc(Cl)cc2)C1=O. The van der Waals surface area contributed by atoms with Crippen molar-refractivity contribution in [1.82, 2.24) is 0 Å². The first kappa shape index (κ1) is 22.1. The number of anilines is 2. The average molecular weight is 465 g/mol. The molecule has 4 rings (SSSR count). The Labute approximate surface area is 197 Å². The highest BCUT2D eigenvalue weighted by atomic mass is 35.5. The fourth-order valence-corrected chi connectivity index (χ4v) is 4.07. The van der Waals surface area contributed by atoms with Crippen molar-refractivity contribution in [3.8, 4) is 0 Å². The Morgan fingerprint density at radius 2 is 1.44 bits per heavy atom. The molecular weight excluding hydrogens is 443 g/mol. The van der Waals surface area contributed by atoms with Crippen molar-refractivity contribution < 1.29 is 9.59 Å². The van der Waals surface area contributed by atoms with Gasteiger partial charge in [0.1, 0.15) is 5.70 Å². The Bertz CT molecular complexity index is 1230. The zero-order valence-electron chi connectivity index (χ0n) is 17.9. The summed E-state index contributed by atoms with van der Waals surface area (Å²) in [6.07, 6.45) is 0. The average Bonchev–Trinajstić information content (AvgIpc) is 2.99. The minimum absolute atomic E-state index is 0.226. The van der Waals surface area contributed by atoms with E-state index in [0.717, 1.165) is 11.3 Å². The third kappa shape index (κ3) is 4.16. The predicted octanol–water partition coefficient (Wildman–Crippen LogP) is 6.82. The molecule has 1 aliphatic rings. The summed E-state index contributed by atoms with van der Waals surface area (Å²) in [5.41, 5.74) is 4.29. The summed E-state index contributed by atoms with van der Waals surface area (Å²) in [7, 11) is 0. The zero-order valence-corrected chi connectivity index (χ0v) is 19.5. The van der Waals surface area contributed by atoms with Crippen molar-refractivity contribution in [1.29, 1.82) is 0 Å². The summed E-state index contributed by atoms with van der Waals surface area (Å²) in [6, 6.07) is 19.8. The van der Waals surface area contributed by atoms with Gasteiger partial charge < -0.3 is 5.32 Å². The summed E-state index contributed by atoms with van der Waals surface area (Å²) >= 11 is 12.1. The van der Waals surface area contributed by atoms with Crippen LogP contribution in [0.15, 0.2) is 72.4 Å². The molecule has 4 nitrogen and oxygen atoms in total. The molecule has 0 fully saturated rings. The Morgan fingerprint density at radius 1 is 0.812 bits per heavy atom. The number of hydrogen-bond donors (Lipinski definition) is 1. The maximum atomic E-state index is 13.5. The number of benzene rings is 3. The van der Waals surface area contributed by atoms with Gasteiger partial charge >= 0.3 is 0 Å². The van der Waals surface area contributed by atoms with Gasteiger partial charge in [0.25, 0.3) is 11.8 Å². The Morgan fingerprint density at radius 3 is 2.03 bits per heavy atom. The lowest BCUT2D eigenvalue weighted by atomic mass is 10.0. The number of aryl methyl sites for hydroxylation is 1. The van der Waals surface area contributed by atoms with Crippen molar-refractivity contribution in [3.63, 3.8) is 0 Å². The normalized spacial score (nSPS) is 14.0. The fraction of sp³-hybridized carbons (Fsp3) is 0.154. The molecular formula is C26H22Cl2N2O2. The molecule has 0 aromatic heterocycles. The van der Waals surface area contributed by atoms with E-state index in [-0.39, 0.29) is 5.70 Å². The third-order valence-corrected chi connectivity index (χ3v) is 5.95. The second-order valence-corrected chi connectivity index (χ2v) is 8.91. The van der Waals surface area contributed by atoms with E-state index in [1.54, 1.807) is 42.5 Å². The molecule has 3 aromatic carbocycles. The van der Waals surface area contributed by atoms with E-state index in [4.69, 9.17) is 23.2 Å². The predicted molar refractivity (Wildman–Crippen MR) is 131 cm³/mol. The van der Waals surface area contributed by atoms with Crippen LogP contribution in [-0.4, -0.2) is 11.8 Å². The summed E-state index contributed by atoms with van der Waals surface area (Å²) in [5.74, 6) is -0.423. The first-order valence-electron chi connectivity index (χ1n) is 10.3. The third-order valence-electron chi connectivity index (χ3n) is 5.46. The number of rotatable bonds is 5. The van der Waals surface area contributed by atoms with Crippen LogP contribution in [0.1, 0.15) is 36.5 Å². The first-order valence-corrected chi connectivity index (χ1v) is 11.0. The van der Waals surface area contributed by atoms with Gasteiger partial charge in [0.05, 0.1) is 11.3 Å². The van der Waals surface area contributed by atoms with Crippen LogP contribution >= 0.6 is 23.2 Å². The van der Waals surface area contributed by atoms with Gasteiger partial charge in [0, 0.05) is 15.7 Å². The first-order chi connectivity index (χ1) is 15.3. The van der Waals surface area contributed by atoms with Crippen LogP contribution in [0.3, 0.4) is 0 Å². The maximum Gasteiger partial charge on any atom is 0.282 e. The maximum absolute atomic E-state index is 13.5. The highest BCUT2D eigenvalue weighted by Crippen LogP contribution is 2.36. The second kappa shape index (κ2) is 8.81. The van der Waals surface area contributed by atoms with Crippen LogP contribution < -0.4 is 10.2 Å². The molecule has 0 bridgehead atoms. The summed E-state index contributed by atoms with van der Waals surface area (Å²) in [5, 5.41) is 4.28. The summed E-state index contributed by atoms with van der Waals surface area (Å²) < 4.78 is 0. The van der Waals surface area contributed by atoms with Gasteiger partial charge in [-0.3, -0.25) is 9.59 Å².